The van der Waals surface area contributed by atoms with Gasteiger partial charge in [-0.25, -0.2) is 0 Å². The Kier molecular flexibility index (Phi) is 6.43. The number of halogens is 1. The van der Waals surface area contributed by atoms with E-state index in [2.05, 4.69) is 0 Å². The quantitative estimate of drug-likeness (QED) is 0.555. The SMILES string of the molecule is C[C@H]1CCCCN1C(=O)COC(=O)CSc1cccc2cccc(Cl)c12. The van der Waals surface area contributed by atoms with Crippen LogP contribution >= 0.6 is 23.4 Å². The van der Waals surface area contributed by atoms with E-state index in [4.69, 9.17) is 16.3 Å². The van der Waals surface area contributed by atoms with Crippen molar-refractivity contribution in [3.05, 3.63) is 41.4 Å². The average molecular weight is 392 g/mol. The Hall–Kier alpha value is -1.72. The Morgan fingerprint density at radius 3 is 2.77 bits per heavy atom. The highest BCUT2D eigenvalue weighted by atomic mass is 35.5. The molecule has 0 aromatic heterocycles. The summed E-state index contributed by atoms with van der Waals surface area (Å²) in [6.45, 7) is 2.61. The van der Waals surface area contributed by atoms with Crippen molar-refractivity contribution in [2.45, 2.75) is 37.1 Å². The van der Waals surface area contributed by atoms with Gasteiger partial charge >= 0.3 is 5.97 Å². The number of piperidine rings is 1. The van der Waals surface area contributed by atoms with Crippen LogP contribution < -0.4 is 0 Å². The molecular weight excluding hydrogens is 370 g/mol. The number of nitrogens with zero attached hydrogens (tertiary/aromatic N) is 1. The number of ether oxygens (including phenoxy) is 1. The molecule has 2 aromatic rings. The van der Waals surface area contributed by atoms with E-state index in [1.807, 2.05) is 48.2 Å². The second kappa shape index (κ2) is 8.78. The van der Waals surface area contributed by atoms with E-state index in [1.165, 1.54) is 11.8 Å². The van der Waals surface area contributed by atoms with Crippen LogP contribution in [0.2, 0.25) is 5.02 Å². The Labute approximate surface area is 162 Å². The molecule has 0 aliphatic carbocycles. The second-order valence-electron chi connectivity index (χ2n) is 6.48. The van der Waals surface area contributed by atoms with Crippen molar-refractivity contribution in [3.63, 3.8) is 0 Å². The van der Waals surface area contributed by atoms with Gasteiger partial charge in [0.05, 0.1) is 5.75 Å². The van der Waals surface area contributed by atoms with Gasteiger partial charge in [0.2, 0.25) is 0 Å². The van der Waals surface area contributed by atoms with Crippen molar-refractivity contribution in [1.29, 1.82) is 0 Å². The zero-order valence-electron chi connectivity index (χ0n) is 14.7. The molecule has 1 aliphatic rings. The zero-order valence-corrected chi connectivity index (χ0v) is 16.3. The Morgan fingerprint density at radius 1 is 1.23 bits per heavy atom. The van der Waals surface area contributed by atoms with Crippen LogP contribution in [0.15, 0.2) is 41.3 Å². The first-order valence-corrected chi connectivity index (χ1v) is 10.2. The maximum Gasteiger partial charge on any atom is 0.316 e. The Balaban J connectivity index is 1.54. The number of esters is 1. The molecule has 3 rings (SSSR count). The molecule has 4 nitrogen and oxygen atoms in total. The number of benzene rings is 2. The number of carbonyl (C=O) groups is 2. The van der Waals surface area contributed by atoms with E-state index in [9.17, 15) is 9.59 Å². The van der Waals surface area contributed by atoms with E-state index in [0.29, 0.717) is 5.02 Å². The molecule has 0 spiro atoms. The van der Waals surface area contributed by atoms with Crippen LogP contribution in [0, 0.1) is 0 Å². The normalized spacial score (nSPS) is 17.3. The largest absolute Gasteiger partial charge is 0.455 e. The molecule has 1 amide bonds. The van der Waals surface area contributed by atoms with Crippen LogP contribution in [0.25, 0.3) is 10.8 Å². The molecule has 1 atom stereocenters. The third-order valence-corrected chi connectivity index (χ3v) is 5.99. The third kappa shape index (κ3) is 4.51. The van der Waals surface area contributed by atoms with Crippen molar-refractivity contribution in [1.82, 2.24) is 4.90 Å². The summed E-state index contributed by atoms with van der Waals surface area (Å²) in [5, 5.41) is 2.63. The lowest BCUT2D eigenvalue weighted by molar-refractivity contribution is -0.151. The number of carbonyl (C=O) groups excluding carboxylic acids is 2. The Bertz CT molecular complexity index is 805. The molecule has 0 radical (unpaired) electrons. The molecule has 6 heteroatoms. The van der Waals surface area contributed by atoms with Gasteiger partial charge in [-0.2, -0.15) is 0 Å². The summed E-state index contributed by atoms with van der Waals surface area (Å²) in [6.07, 6.45) is 3.17. The van der Waals surface area contributed by atoms with E-state index in [1.54, 1.807) is 0 Å². The topological polar surface area (TPSA) is 46.6 Å². The predicted molar refractivity (Wildman–Crippen MR) is 106 cm³/mol. The highest BCUT2D eigenvalue weighted by Crippen LogP contribution is 2.33. The minimum absolute atomic E-state index is 0.108. The predicted octanol–water partition coefficient (Wildman–Crippen LogP) is 4.53. The van der Waals surface area contributed by atoms with Crippen LogP contribution in [-0.2, 0) is 14.3 Å². The smallest absolute Gasteiger partial charge is 0.316 e. The lowest BCUT2D eigenvalue weighted by atomic mass is 10.0. The minimum atomic E-state index is -0.392. The first-order valence-electron chi connectivity index (χ1n) is 8.81. The first kappa shape index (κ1) is 19.1. The molecule has 0 N–H and O–H groups in total. The van der Waals surface area contributed by atoms with E-state index < -0.39 is 5.97 Å². The van der Waals surface area contributed by atoms with Crippen molar-refractivity contribution >= 4 is 46.0 Å². The van der Waals surface area contributed by atoms with Crippen LogP contribution in [0.1, 0.15) is 26.2 Å². The van der Waals surface area contributed by atoms with Crippen LogP contribution in [0.3, 0.4) is 0 Å². The van der Waals surface area contributed by atoms with Crippen LogP contribution in [-0.4, -0.2) is 41.7 Å². The molecule has 1 heterocycles. The summed E-state index contributed by atoms with van der Waals surface area (Å²) in [6, 6.07) is 11.8. The number of hydrogen-bond donors (Lipinski definition) is 0. The summed E-state index contributed by atoms with van der Waals surface area (Å²) in [5.41, 5.74) is 0. The number of likely N-dealkylation sites (tertiary alicyclic amines) is 1. The molecule has 0 bridgehead atoms. The standard InChI is InChI=1S/C20H22ClNO3S/c1-14-6-2-3-11-22(14)18(23)12-25-19(24)13-26-17-10-5-8-15-7-4-9-16(21)20(15)17/h4-5,7-10,14H,2-3,6,11-13H2,1H3/t14-/m0/s1. The van der Waals surface area contributed by atoms with Crippen LogP contribution in [0.4, 0.5) is 0 Å². The summed E-state index contributed by atoms with van der Waals surface area (Å²) in [4.78, 5) is 27.0. The molecule has 0 saturated carbocycles. The third-order valence-electron chi connectivity index (χ3n) is 4.64. The van der Waals surface area contributed by atoms with E-state index in [-0.39, 0.29) is 24.3 Å². The average Bonchev–Trinajstić information content (AvgIpc) is 2.65. The molecule has 138 valence electrons. The van der Waals surface area contributed by atoms with E-state index >= 15 is 0 Å². The van der Waals surface area contributed by atoms with E-state index in [0.717, 1.165) is 41.5 Å². The lowest BCUT2D eigenvalue weighted by Crippen LogP contribution is -2.44. The summed E-state index contributed by atoms with van der Waals surface area (Å²) >= 11 is 7.68. The van der Waals surface area contributed by atoms with Crippen molar-refractivity contribution in [3.8, 4) is 0 Å². The number of hydrogen-bond acceptors (Lipinski definition) is 4. The Morgan fingerprint density at radius 2 is 2.00 bits per heavy atom. The second-order valence-corrected chi connectivity index (χ2v) is 7.90. The maximum absolute atomic E-state index is 12.2. The molecule has 1 fully saturated rings. The highest BCUT2D eigenvalue weighted by molar-refractivity contribution is 8.00. The summed E-state index contributed by atoms with van der Waals surface area (Å²) in [5.74, 6) is -0.353. The minimum Gasteiger partial charge on any atom is -0.455 e. The van der Waals surface area contributed by atoms with Crippen molar-refractivity contribution in [2.24, 2.45) is 0 Å². The monoisotopic (exact) mass is 391 g/mol. The van der Waals surface area contributed by atoms with Gasteiger partial charge in [0.15, 0.2) is 6.61 Å². The molecule has 26 heavy (non-hydrogen) atoms. The summed E-state index contributed by atoms with van der Waals surface area (Å²) < 4.78 is 5.19. The number of amides is 1. The fraction of sp³-hybridized carbons (Fsp3) is 0.400. The molecule has 1 aliphatic heterocycles. The molecule has 0 unspecified atom stereocenters. The van der Waals surface area contributed by atoms with Gasteiger partial charge < -0.3 is 9.64 Å². The maximum atomic E-state index is 12.2. The van der Waals surface area contributed by atoms with Crippen LogP contribution in [0.5, 0.6) is 0 Å². The van der Waals surface area contributed by atoms with Gasteiger partial charge in [0.1, 0.15) is 0 Å². The van der Waals surface area contributed by atoms with Gasteiger partial charge in [0, 0.05) is 27.9 Å². The van der Waals surface area contributed by atoms with Crippen molar-refractivity contribution in [2.75, 3.05) is 18.9 Å². The van der Waals surface area contributed by atoms with Gasteiger partial charge in [-0.05, 0) is 43.7 Å². The molecule has 1 saturated heterocycles. The fourth-order valence-corrected chi connectivity index (χ4v) is 4.50. The first-order chi connectivity index (χ1) is 12.6. The van der Waals surface area contributed by atoms with Gasteiger partial charge in [-0.15, -0.1) is 11.8 Å². The highest BCUT2D eigenvalue weighted by Gasteiger charge is 2.23. The number of thioether (sulfide) groups is 1. The van der Waals surface area contributed by atoms with Gasteiger partial charge in [0.25, 0.3) is 5.91 Å². The number of rotatable bonds is 5. The molecule has 2 aromatic carbocycles. The lowest BCUT2D eigenvalue weighted by Gasteiger charge is -2.33. The zero-order chi connectivity index (χ0) is 18.5. The summed E-state index contributed by atoms with van der Waals surface area (Å²) in [7, 11) is 0. The molecular formula is C20H22ClNO3S. The van der Waals surface area contributed by atoms with Gasteiger partial charge in [-0.3, -0.25) is 9.59 Å². The fourth-order valence-electron chi connectivity index (χ4n) is 3.25. The van der Waals surface area contributed by atoms with Gasteiger partial charge in [-0.1, -0.05) is 35.9 Å². The number of fused-ring (bicyclic) bond motifs is 1. The van der Waals surface area contributed by atoms with Crippen molar-refractivity contribution < 1.29 is 14.3 Å².